The summed E-state index contributed by atoms with van der Waals surface area (Å²) in [6.07, 6.45) is 2.34. The molecule has 0 aromatic heterocycles. The van der Waals surface area contributed by atoms with Gasteiger partial charge in [0, 0.05) is 16.6 Å². The maximum atomic E-state index is 13.3. The Morgan fingerprint density at radius 1 is 1.47 bits per heavy atom. The predicted molar refractivity (Wildman–Crippen MR) is 80.5 cm³/mol. The average molecular weight is 329 g/mol. The molecular formula is C15H22BrFN2. The third-order valence-corrected chi connectivity index (χ3v) is 4.73. The minimum absolute atomic E-state index is 0.202. The molecule has 0 radical (unpaired) electrons. The minimum Gasteiger partial charge on any atom is -0.330 e. The van der Waals surface area contributed by atoms with Crippen LogP contribution < -0.4 is 5.73 Å². The summed E-state index contributed by atoms with van der Waals surface area (Å²) >= 11 is 3.51. The van der Waals surface area contributed by atoms with E-state index in [-0.39, 0.29) is 11.9 Å². The van der Waals surface area contributed by atoms with E-state index in [1.807, 2.05) is 6.07 Å². The zero-order chi connectivity index (χ0) is 14.0. The number of nitrogens with two attached hydrogens (primary N) is 1. The van der Waals surface area contributed by atoms with E-state index in [0.29, 0.717) is 18.5 Å². The summed E-state index contributed by atoms with van der Waals surface area (Å²) in [5, 5.41) is 0. The summed E-state index contributed by atoms with van der Waals surface area (Å²) in [7, 11) is 0. The van der Waals surface area contributed by atoms with E-state index in [1.165, 1.54) is 6.42 Å². The zero-order valence-electron chi connectivity index (χ0n) is 11.6. The van der Waals surface area contributed by atoms with Gasteiger partial charge in [0.1, 0.15) is 5.82 Å². The molecule has 1 aromatic carbocycles. The Morgan fingerprint density at radius 3 is 2.79 bits per heavy atom. The normalized spacial score (nSPS) is 24.9. The fourth-order valence-electron chi connectivity index (χ4n) is 3.10. The van der Waals surface area contributed by atoms with Crippen LogP contribution in [0.2, 0.25) is 0 Å². The van der Waals surface area contributed by atoms with Gasteiger partial charge in [-0.2, -0.15) is 0 Å². The van der Waals surface area contributed by atoms with Gasteiger partial charge in [0.25, 0.3) is 0 Å². The molecule has 0 saturated carbocycles. The fraction of sp³-hybridized carbons (Fsp3) is 0.600. The van der Waals surface area contributed by atoms with Crippen LogP contribution in [0.15, 0.2) is 22.7 Å². The first-order valence-corrected chi connectivity index (χ1v) is 7.74. The highest BCUT2D eigenvalue weighted by atomic mass is 79.9. The molecule has 1 saturated heterocycles. The van der Waals surface area contributed by atoms with Crippen molar-refractivity contribution >= 4 is 15.9 Å². The van der Waals surface area contributed by atoms with Gasteiger partial charge in [0.15, 0.2) is 0 Å². The third kappa shape index (κ3) is 3.18. The molecule has 2 nitrogen and oxygen atoms in total. The largest absolute Gasteiger partial charge is 0.330 e. The molecular weight excluding hydrogens is 307 g/mol. The molecule has 1 aliphatic rings. The van der Waals surface area contributed by atoms with Crippen molar-refractivity contribution < 1.29 is 4.39 Å². The molecule has 1 fully saturated rings. The first kappa shape index (κ1) is 14.9. The van der Waals surface area contributed by atoms with E-state index in [4.69, 9.17) is 5.73 Å². The van der Waals surface area contributed by atoms with Crippen molar-refractivity contribution in [3.8, 4) is 0 Å². The van der Waals surface area contributed by atoms with Crippen LogP contribution in [-0.4, -0.2) is 24.0 Å². The van der Waals surface area contributed by atoms with Crippen molar-refractivity contribution in [3.05, 3.63) is 34.1 Å². The number of likely N-dealkylation sites (tertiary alicyclic amines) is 1. The van der Waals surface area contributed by atoms with Gasteiger partial charge in [-0.1, -0.05) is 22.0 Å². The molecule has 0 bridgehead atoms. The van der Waals surface area contributed by atoms with Crippen molar-refractivity contribution in [2.24, 2.45) is 11.7 Å². The van der Waals surface area contributed by atoms with Crippen LogP contribution in [0.3, 0.4) is 0 Å². The number of halogens is 2. The molecule has 4 heteroatoms. The monoisotopic (exact) mass is 328 g/mol. The molecule has 2 rings (SSSR count). The molecule has 2 unspecified atom stereocenters. The van der Waals surface area contributed by atoms with E-state index in [0.717, 1.165) is 23.0 Å². The van der Waals surface area contributed by atoms with Crippen LogP contribution >= 0.6 is 15.9 Å². The van der Waals surface area contributed by atoms with Gasteiger partial charge in [-0.25, -0.2) is 4.39 Å². The summed E-state index contributed by atoms with van der Waals surface area (Å²) in [6, 6.07) is 5.74. The topological polar surface area (TPSA) is 29.3 Å². The van der Waals surface area contributed by atoms with Gasteiger partial charge in [0.05, 0.1) is 0 Å². The SMILES string of the molecule is CC(C)N1CCCC(CN)C1c1ccc(F)cc1Br. The molecule has 1 heterocycles. The first-order valence-electron chi connectivity index (χ1n) is 6.95. The van der Waals surface area contributed by atoms with Crippen LogP contribution in [0.4, 0.5) is 4.39 Å². The second-order valence-electron chi connectivity index (χ2n) is 5.58. The lowest BCUT2D eigenvalue weighted by Gasteiger charge is -2.44. The summed E-state index contributed by atoms with van der Waals surface area (Å²) < 4.78 is 14.1. The van der Waals surface area contributed by atoms with Gasteiger partial charge in [-0.3, -0.25) is 4.90 Å². The molecule has 19 heavy (non-hydrogen) atoms. The Balaban J connectivity index is 2.39. The van der Waals surface area contributed by atoms with Crippen molar-refractivity contribution in [1.29, 1.82) is 0 Å². The zero-order valence-corrected chi connectivity index (χ0v) is 13.2. The summed E-state index contributed by atoms with van der Waals surface area (Å²) in [4.78, 5) is 2.49. The maximum absolute atomic E-state index is 13.3. The first-order chi connectivity index (χ1) is 9.04. The predicted octanol–water partition coefficient (Wildman–Crippen LogP) is 3.71. The molecule has 0 spiro atoms. The van der Waals surface area contributed by atoms with Crippen LogP contribution in [0.5, 0.6) is 0 Å². The third-order valence-electron chi connectivity index (χ3n) is 4.04. The number of benzene rings is 1. The summed E-state index contributed by atoms with van der Waals surface area (Å²) in [6.45, 7) is 6.19. The Morgan fingerprint density at radius 2 is 2.21 bits per heavy atom. The highest BCUT2D eigenvalue weighted by Gasteiger charge is 2.34. The van der Waals surface area contributed by atoms with E-state index in [9.17, 15) is 4.39 Å². The quantitative estimate of drug-likeness (QED) is 0.916. The Labute approximate surface area is 123 Å². The molecule has 106 valence electrons. The van der Waals surface area contributed by atoms with E-state index in [2.05, 4.69) is 34.7 Å². The average Bonchev–Trinajstić information content (AvgIpc) is 2.38. The van der Waals surface area contributed by atoms with Gasteiger partial charge in [-0.15, -0.1) is 0 Å². The molecule has 2 N–H and O–H groups in total. The second kappa shape index (κ2) is 6.33. The Bertz CT molecular complexity index is 436. The number of hydrogen-bond donors (Lipinski definition) is 1. The van der Waals surface area contributed by atoms with Gasteiger partial charge < -0.3 is 5.73 Å². The van der Waals surface area contributed by atoms with E-state index < -0.39 is 0 Å². The Hall–Kier alpha value is -0.450. The number of nitrogens with zero attached hydrogens (tertiary/aromatic N) is 1. The van der Waals surface area contributed by atoms with Crippen molar-refractivity contribution in [2.45, 2.75) is 38.8 Å². The number of piperidine rings is 1. The molecule has 0 aliphatic carbocycles. The Kier molecular flexibility index (Phi) is 4.98. The lowest BCUT2D eigenvalue weighted by molar-refractivity contribution is 0.0660. The second-order valence-corrected chi connectivity index (χ2v) is 6.43. The summed E-state index contributed by atoms with van der Waals surface area (Å²) in [5.74, 6) is 0.241. The van der Waals surface area contributed by atoms with Gasteiger partial charge >= 0.3 is 0 Å². The highest BCUT2D eigenvalue weighted by molar-refractivity contribution is 9.10. The highest BCUT2D eigenvalue weighted by Crippen LogP contribution is 2.39. The van der Waals surface area contributed by atoms with Gasteiger partial charge in [-0.05, 0) is 63.4 Å². The van der Waals surface area contributed by atoms with Crippen LogP contribution in [0.1, 0.15) is 38.3 Å². The number of rotatable bonds is 3. The van der Waals surface area contributed by atoms with Crippen LogP contribution in [0.25, 0.3) is 0 Å². The van der Waals surface area contributed by atoms with E-state index in [1.54, 1.807) is 12.1 Å². The maximum Gasteiger partial charge on any atom is 0.124 e. The summed E-state index contributed by atoms with van der Waals surface area (Å²) in [5.41, 5.74) is 7.11. The van der Waals surface area contributed by atoms with Gasteiger partial charge in [0.2, 0.25) is 0 Å². The minimum atomic E-state index is -0.202. The van der Waals surface area contributed by atoms with Crippen LogP contribution in [0, 0.1) is 11.7 Å². The fourth-order valence-corrected chi connectivity index (χ4v) is 3.69. The molecule has 0 amide bonds. The van der Waals surface area contributed by atoms with Crippen molar-refractivity contribution in [2.75, 3.05) is 13.1 Å². The van der Waals surface area contributed by atoms with Crippen molar-refractivity contribution in [1.82, 2.24) is 4.90 Å². The lowest BCUT2D eigenvalue weighted by Crippen LogP contribution is -2.45. The molecule has 1 aliphatic heterocycles. The smallest absolute Gasteiger partial charge is 0.124 e. The standard InChI is InChI=1S/C15H22BrFN2/c1-10(2)19-7-3-4-11(9-18)15(19)13-6-5-12(17)8-14(13)16/h5-6,8,10-11,15H,3-4,7,9,18H2,1-2H3. The molecule has 1 aromatic rings. The number of hydrogen-bond acceptors (Lipinski definition) is 2. The van der Waals surface area contributed by atoms with Crippen molar-refractivity contribution in [3.63, 3.8) is 0 Å². The van der Waals surface area contributed by atoms with Crippen LogP contribution in [-0.2, 0) is 0 Å². The lowest BCUT2D eigenvalue weighted by atomic mass is 9.84. The molecule has 2 atom stereocenters. The van der Waals surface area contributed by atoms with E-state index >= 15 is 0 Å².